The first-order valence-electron chi connectivity index (χ1n) is 7.22. The summed E-state index contributed by atoms with van der Waals surface area (Å²) < 4.78 is 46.7. The molecule has 1 fully saturated rings. The first-order valence-corrected chi connectivity index (χ1v) is 8.77. The van der Waals surface area contributed by atoms with Crippen molar-refractivity contribution in [3.63, 3.8) is 0 Å². The molecule has 1 aliphatic rings. The zero-order valence-electron chi connectivity index (χ0n) is 12.4. The van der Waals surface area contributed by atoms with Crippen LogP contribution < -0.4 is 4.72 Å². The van der Waals surface area contributed by atoms with Crippen LogP contribution in [0.5, 0.6) is 0 Å². The molecule has 0 saturated carbocycles. The Bertz CT molecular complexity index is 574. The van der Waals surface area contributed by atoms with Gasteiger partial charge in [0.2, 0.25) is 10.0 Å². The lowest BCUT2D eigenvalue weighted by Crippen LogP contribution is -2.46. The Morgan fingerprint density at radius 3 is 2.76 bits per heavy atom. The van der Waals surface area contributed by atoms with E-state index in [4.69, 9.17) is 4.74 Å². The van der Waals surface area contributed by atoms with Crippen LogP contribution in [0, 0.1) is 11.7 Å². The maximum Gasteiger partial charge on any atom is 0.215 e. The Morgan fingerprint density at radius 1 is 1.38 bits per heavy atom. The third-order valence-electron chi connectivity index (χ3n) is 3.64. The largest absolute Gasteiger partial charge is 0.381 e. The molecule has 0 amide bonds. The van der Waals surface area contributed by atoms with Gasteiger partial charge in [0.1, 0.15) is 5.82 Å². The lowest BCUT2D eigenvalue weighted by atomic mass is 9.93. The van der Waals surface area contributed by atoms with E-state index in [2.05, 4.69) is 4.72 Å². The van der Waals surface area contributed by atoms with Gasteiger partial charge in [0.05, 0.1) is 11.9 Å². The van der Waals surface area contributed by atoms with Gasteiger partial charge in [-0.25, -0.2) is 17.5 Å². The average Bonchev–Trinajstić information content (AvgIpc) is 2.40. The highest BCUT2D eigenvalue weighted by atomic mass is 32.2. The molecule has 2 atom stereocenters. The van der Waals surface area contributed by atoms with Crippen molar-refractivity contribution in [2.24, 2.45) is 5.92 Å². The van der Waals surface area contributed by atoms with E-state index in [1.807, 2.05) is 0 Å². The fraction of sp³-hybridized carbons (Fsp3) is 0.600. The molecule has 2 rings (SSSR count). The van der Waals surface area contributed by atoms with Crippen molar-refractivity contribution in [2.75, 3.05) is 13.2 Å². The molecule has 1 saturated heterocycles. The number of nitrogens with one attached hydrogen (secondary N) is 1. The van der Waals surface area contributed by atoms with Crippen LogP contribution in [0.2, 0.25) is 0 Å². The van der Waals surface area contributed by atoms with Crippen molar-refractivity contribution in [1.82, 2.24) is 4.72 Å². The Morgan fingerprint density at radius 2 is 2.10 bits per heavy atom. The van der Waals surface area contributed by atoms with Gasteiger partial charge in [-0.15, -0.1) is 0 Å². The third kappa shape index (κ3) is 4.25. The van der Waals surface area contributed by atoms with Crippen LogP contribution >= 0.6 is 0 Å². The van der Waals surface area contributed by atoms with Crippen molar-refractivity contribution >= 4 is 10.0 Å². The molecule has 118 valence electrons. The van der Waals surface area contributed by atoms with E-state index >= 15 is 0 Å². The Kier molecular flexibility index (Phi) is 5.35. The van der Waals surface area contributed by atoms with Gasteiger partial charge in [-0.3, -0.25) is 0 Å². The van der Waals surface area contributed by atoms with Crippen molar-refractivity contribution < 1.29 is 17.5 Å². The summed E-state index contributed by atoms with van der Waals surface area (Å²) >= 11 is 0. The quantitative estimate of drug-likeness (QED) is 0.905. The molecule has 0 unspecified atom stereocenters. The molecule has 1 aromatic rings. The van der Waals surface area contributed by atoms with Crippen LogP contribution in [0.1, 0.15) is 25.8 Å². The fourth-order valence-corrected chi connectivity index (χ4v) is 4.66. The van der Waals surface area contributed by atoms with Crippen molar-refractivity contribution in [2.45, 2.75) is 38.0 Å². The lowest BCUT2D eigenvalue weighted by molar-refractivity contribution is 0.0567. The number of ether oxygens (including phenoxy) is 1. The van der Waals surface area contributed by atoms with Gasteiger partial charge >= 0.3 is 0 Å². The topological polar surface area (TPSA) is 55.4 Å². The summed E-state index contributed by atoms with van der Waals surface area (Å²) in [5, 5.41) is -0.534. The standard InChI is InChI=1S/C15H22FNO3S/c1-11(2)17-21(18,19)15-7-8-20-10-13(15)9-12-5-3-4-6-14(12)16/h3-6,11,13,15,17H,7-10H2,1-2H3/t13-,15-/m1/s1. The van der Waals surface area contributed by atoms with Gasteiger partial charge in [-0.2, -0.15) is 0 Å². The van der Waals surface area contributed by atoms with Gasteiger partial charge in [0.15, 0.2) is 0 Å². The zero-order valence-corrected chi connectivity index (χ0v) is 13.2. The van der Waals surface area contributed by atoms with Gasteiger partial charge in [0, 0.05) is 18.6 Å². The minimum atomic E-state index is -3.42. The van der Waals surface area contributed by atoms with Crippen LogP contribution in [-0.2, 0) is 21.2 Å². The molecule has 0 aromatic heterocycles. The molecule has 6 heteroatoms. The van der Waals surface area contributed by atoms with Crippen LogP contribution in [0.4, 0.5) is 4.39 Å². The van der Waals surface area contributed by atoms with E-state index in [1.54, 1.807) is 32.0 Å². The van der Waals surface area contributed by atoms with Gasteiger partial charge in [-0.1, -0.05) is 18.2 Å². The van der Waals surface area contributed by atoms with E-state index in [-0.39, 0.29) is 17.8 Å². The molecule has 21 heavy (non-hydrogen) atoms. The number of rotatable bonds is 5. The van der Waals surface area contributed by atoms with Gasteiger partial charge < -0.3 is 4.74 Å². The molecule has 0 aliphatic carbocycles. The summed E-state index contributed by atoms with van der Waals surface area (Å²) in [5.74, 6) is -0.525. The highest BCUT2D eigenvalue weighted by molar-refractivity contribution is 7.90. The van der Waals surface area contributed by atoms with Gasteiger partial charge in [-0.05, 0) is 38.3 Å². The Hall–Kier alpha value is -0.980. The van der Waals surface area contributed by atoms with Crippen molar-refractivity contribution in [3.8, 4) is 0 Å². The number of benzene rings is 1. The predicted molar refractivity (Wildman–Crippen MR) is 80.0 cm³/mol. The van der Waals surface area contributed by atoms with Crippen LogP contribution in [0.3, 0.4) is 0 Å². The summed E-state index contributed by atoms with van der Waals surface area (Å²) in [6, 6.07) is 6.34. The van der Waals surface area contributed by atoms with E-state index < -0.39 is 15.3 Å². The Balaban J connectivity index is 2.18. The van der Waals surface area contributed by atoms with E-state index in [0.29, 0.717) is 31.6 Å². The van der Waals surface area contributed by atoms with Gasteiger partial charge in [0.25, 0.3) is 0 Å². The second-order valence-corrected chi connectivity index (χ2v) is 7.71. The molecule has 1 heterocycles. The number of hydrogen-bond acceptors (Lipinski definition) is 3. The minimum absolute atomic E-state index is 0.146. The molecule has 0 spiro atoms. The molecule has 1 N–H and O–H groups in total. The normalized spacial score (nSPS) is 23.4. The maximum absolute atomic E-state index is 13.8. The first-order chi connectivity index (χ1) is 9.90. The second kappa shape index (κ2) is 6.85. The number of hydrogen-bond donors (Lipinski definition) is 1. The molecular weight excluding hydrogens is 293 g/mol. The number of sulfonamides is 1. The smallest absolute Gasteiger partial charge is 0.215 e. The highest BCUT2D eigenvalue weighted by Crippen LogP contribution is 2.26. The second-order valence-electron chi connectivity index (χ2n) is 5.78. The monoisotopic (exact) mass is 315 g/mol. The minimum Gasteiger partial charge on any atom is -0.381 e. The summed E-state index contributed by atoms with van der Waals surface area (Å²) in [7, 11) is -3.42. The highest BCUT2D eigenvalue weighted by Gasteiger charge is 2.36. The number of halogens is 1. The molecule has 1 aromatic carbocycles. The summed E-state index contributed by atoms with van der Waals surface area (Å²) in [6.07, 6.45) is 0.817. The summed E-state index contributed by atoms with van der Waals surface area (Å²) in [5.41, 5.74) is 0.540. The first kappa shape index (κ1) is 16.4. The van der Waals surface area contributed by atoms with E-state index in [0.717, 1.165) is 0 Å². The average molecular weight is 315 g/mol. The van der Waals surface area contributed by atoms with E-state index in [9.17, 15) is 12.8 Å². The van der Waals surface area contributed by atoms with Crippen molar-refractivity contribution in [1.29, 1.82) is 0 Å². The third-order valence-corrected chi connectivity index (χ3v) is 5.86. The fourth-order valence-electron chi connectivity index (χ4n) is 2.74. The molecule has 0 radical (unpaired) electrons. The maximum atomic E-state index is 13.8. The molecule has 4 nitrogen and oxygen atoms in total. The molecule has 0 bridgehead atoms. The van der Waals surface area contributed by atoms with Crippen LogP contribution in [0.25, 0.3) is 0 Å². The molecular formula is C15H22FNO3S. The van der Waals surface area contributed by atoms with Crippen LogP contribution in [-0.4, -0.2) is 32.9 Å². The lowest BCUT2D eigenvalue weighted by Gasteiger charge is -2.32. The molecule has 1 aliphatic heterocycles. The van der Waals surface area contributed by atoms with E-state index in [1.165, 1.54) is 6.07 Å². The summed E-state index contributed by atoms with van der Waals surface area (Å²) in [4.78, 5) is 0. The van der Waals surface area contributed by atoms with Crippen LogP contribution in [0.15, 0.2) is 24.3 Å². The van der Waals surface area contributed by atoms with Crippen molar-refractivity contribution in [3.05, 3.63) is 35.6 Å². The zero-order chi connectivity index (χ0) is 15.5. The summed E-state index contributed by atoms with van der Waals surface area (Å²) in [6.45, 7) is 4.36. The predicted octanol–water partition coefficient (Wildman–Crippen LogP) is 2.10. The SMILES string of the molecule is CC(C)NS(=O)(=O)[C@@H]1CCOC[C@H]1Cc1ccccc1F. The Labute approximate surface area is 125 Å².